The lowest BCUT2D eigenvalue weighted by Crippen LogP contribution is -2.30. The fourth-order valence-corrected chi connectivity index (χ4v) is 2.57. The quantitative estimate of drug-likeness (QED) is 0.530. The van der Waals surface area contributed by atoms with Crippen molar-refractivity contribution in [2.45, 2.75) is 19.4 Å². The zero-order valence-electron chi connectivity index (χ0n) is 12.6. The number of benzene rings is 1. The lowest BCUT2D eigenvalue weighted by atomic mass is 10.1. The molecule has 0 aliphatic rings. The van der Waals surface area contributed by atoms with Crippen molar-refractivity contribution in [2.75, 3.05) is 32.3 Å². The molecule has 0 spiro atoms. The Hall–Kier alpha value is -1.13. The summed E-state index contributed by atoms with van der Waals surface area (Å²) in [6.45, 7) is 6.94. The van der Waals surface area contributed by atoms with Gasteiger partial charge in [-0.15, -0.1) is 6.58 Å². The third-order valence-electron chi connectivity index (χ3n) is 2.96. The average molecular weight is 295 g/mol. The topological polar surface area (TPSA) is 30.5 Å². The highest BCUT2D eigenvalue weighted by Gasteiger charge is 2.07. The van der Waals surface area contributed by atoms with Gasteiger partial charge in [0.15, 0.2) is 11.5 Å². The molecule has 0 heterocycles. The Morgan fingerprint density at radius 2 is 2.05 bits per heavy atom. The van der Waals surface area contributed by atoms with Crippen molar-refractivity contribution in [3.63, 3.8) is 0 Å². The van der Waals surface area contributed by atoms with Crippen molar-refractivity contribution >= 4 is 11.8 Å². The molecule has 0 saturated heterocycles. The molecule has 0 amide bonds. The first-order valence-corrected chi connectivity index (χ1v) is 7.99. The fraction of sp³-hybridized carbons (Fsp3) is 0.500. The van der Waals surface area contributed by atoms with Crippen LogP contribution in [0.2, 0.25) is 0 Å². The first-order valence-electron chi connectivity index (χ1n) is 6.84. The van der Waals surface area contributed by atoms with Crippen LogP contribution in [-0.2, 0) is 6.42 Å². The molecule has 0 aromatic heterocycles. The Kier molecular flexibility index (Phi) is 8.23. The summed E-state index contributed by atoms with van der Waals surface area (Å²) in [4.78, 5) is 0. The molecule has 1 N–H and O–H groups in total. The van der Waals surface area contributed by atoms with Crippen LogP contribution >= 0.6 is 11.8 Å². The molecule has 112 valence electrons. The standard InChI is InChI=1S/C16H25NO2S/c1-5-9-20-10-8-17-13(2)11-14-6-7-15(18-3)16(12-14)19-4/h5-7,12-13,17H,1,8-11H2,2-4H3. The average Bonchev–Trinajstić information content (AvgIpc) is 2.46. The van der Waals surface area contributed by atoms with Crippen LogP contribution in [0.25, 0.3) is 0 Å². The minimum Gasteiger partial charge on any atom is -0.493 e. The van der Waals surface area contributed by atoms with Crippen molar-refractivity contribution < 1.29 is 9.47 Å². The van der Waals surface area contributed by atoms with Crippen molar-refractivity contribution in [3.05, 3.63) is 36.4 Å². The molecule has 0 aliphatic carbocycles. The summed E-state index contributed by atoms with van der Waals surface area (Å²) < 4.78 is 10.6. The van der Waals surface area contributed by atoms with E-state index in [9.17, 15) is 0 Å². The lowest BCUT2D eigenvalue weighted by Gasteiger charge is -2.15. The minimum atomic E-state index is 0.442. The SMILES string of the molecule is C=CCSCCNC(C)Cc1ccc(OC)c(OC)c1. The number of nitrogens with one attached hydrogen (secondary N) is 1. The van der Waals surface area contributed by atoms with Crippen LogP contribution in [0.5, 0.6) is 11.5 Å². The summed E-state index contributed by atoms with van der Waals surface area (Å²) in [5, 5.41) is 3.53. The Morgan fingerprint density at radius 1 is 1.30 bits per heavy atom. The highest BCUT2D eigenvalue weighted by Crippen LogP contribution is 2.27. The molecule has 1 atom stereocenters. The van der Waals surface area contributed by atoms with Gasteiger partial charge in [0.1, 0.15) is 0 Å². The van der Waals surface area contributed by atoms with Crippen LogP contribution in [0, 0.1) is 0 Å². The second kappa shape index (κ2) is 9.72. The van der Waals surface area contributed by atoms with Crippen LogP contribution in [0.15, 0.2) is 30.9 Å². The van der Waals surface area contributed by atoms with Crippen molar-refractivity contribution in [1.29, 1.82) is 0 Å². The summed E-state index contributed by atoms with van der Waals surface area (Å²) in [6, 6.07) is 6.54. The second-order valence-electron chi connectivity index (χ2n) is 4.61. The smallest absolute Gasteiger partial charge is 0.160 e. The molecule has 1 aromatic carbocycles. The van der Waals surface area contributed by atoms with Crippen molar-refractivity contribution in [2.24, 2.45) is 0 Å². The van der Waals surface area contributed by atoms with Gasteiger partial charge in [0.2, 0.25) is 0 Å². The van der Waals surface area contributed by atoms with E-state index in [2.05, 4.69) is 24.9 Å². The zero-order valence-corrected chi connectivity index (χ0v) is 13.5. The third-order valence-corrected chi connectivity index (χ3v) is 3.93. The van der Waals surface area contributed by atoms with Gasteiger partial charge in [-0.05, 0) is 31.0 Å². The molecule has 20 heavy (non-hydrogen) atoms. The van der Waals surface area contributed by atoms with E-state index in [0.717, 1.165) is 36.0 Å². The van der Waals surface area contributed by atoms with Gasteiger partial charge in [0.25, 0.3) is 0 Å². The van der Waals surface area contributed by atoms with E-state index < -0.39 is 0 Å². The molecule has 0 bridgehead atoms. The number of hydrogen-bond donors (Lipinski definition) is 1. The van der Waals surface area contributed by atoms with Crippen molar-refractivity contribution in [1.82, 2.24) is 5.32 Å². The van der Waals surface area contributed by atoms with Crippen LogP contribution in [0.3, 0.4) is 0 Å². The number of rotatable bonds is 10. The second-order valence-corrected chi connectivity index (χ2v) is 5.76. The lowest BCUT2D eigenvalue weighted by molar-refractivity contribution is 0.354. The van der Waals surface area contributed by atoms with E-state index in [-0.39, 0.29) is 0 Å². The van der Waals surface area contributed by atoms with Gasteiger partial charge in [0, 0.05) is 24.1 Å². The molecular weight excluding hydrogens is 270 g/mol. The summed E-state index contributed by atoms with van der Waals surface area (Å²) in [7, 11) is 3.32. The summed E-state index contributed by atoms with van der Waals surface area (Å²) in [5.74, 6) is 3.70. The monoisotopic (exact) mass is 295 g/mol. The van der Waals surface area contributed by atoms with E-state index in [1.165, 1.54) is 5.56 Å². The van der Waals surface area contributed by atoms with Crippen LogP contribution in [-0.4, -0.2) is 38.3 Å². The largest absolute Gasteiger partial charge is 0.493 e. The predicted octanol–water partition coefficient (Wildman–Crippen LogP) is 3.14. The summed E-state index contributed by atoms with van der Waals surface area (Å²) in [5.41, 5.74) is 1.25. The molecule has 1 rings (SSSR count). The maximum absolute atomic E-state index is 5.33. The van der Waals surface area contributed by atoms with E-state index in [1.54, 1.807) is 14.2 Å². The van der Waals surface area contributed by atoms with Crippen LogP contribution < -0.4 is 14.8 Å². The molecule has 0 saturated carbocycles. The first-order chi connectivity index (χ1) is 9.71. The zero-order chi connectivity index (χ0) is 14.8. The number of methoxy groups -OCH3 is 2. The Bertz CT molecular complexity index is 409. The van der Waals surface area contributed by atoms with E-state index in [0.29, 0.717) is 6.04 Å². The Morgan fingerprint density at radius 3 is 2.70 bits per heavy atom. The Balaban J connectivity index is 2.41. The van der Waals surface area contributed by atoms with Gasteiger partial charge in [-0.1, -0.05) is 12.1 Å². The van der Waals surface area contributed by atoms with Crippen LogP contribution in [0.4, 0.5) is 0 Å². The summed E-state index contributed by atoms with van der Waals surface area (Å²) in [6.07, 6.45) is 2.92. The van der Waals surface area contributed by atoms with Gasteiger partial charge in [-0.2, -0.15) is 11.8 Å². The number of ether oxygens (including phenoxy) is 2. The highest BCUT2D eigenvalue weighted by atomic mass is 32.2. The maximum atomic E-state index is 5.33. The molecular formula is C16H25NO2S. The van der Waals surface area contributed by atoms with Gasteiger partial charge >= 0.3 is 0 Å². The Labute approximate surface area is 126 Å². The highest BCUT2D eigenvalue weighted by molar-refractivity contribution is 7.99. The van der Waals surface area contributed by atoms with E-state index in [1.807, 2.05) is 30.0 Å². The maximum Gasteiger partial charge on any atom is 0.160 e. The van der Waals surface area contributed by atoms with Crippen molar-refractivity contribution in [3.8, 4) is 11.5 Å². The van der Waals surface area contributed by atoms with E-state index in [4.69, 9.17) is 9.47 Å². The summed E-state index contributed by atoms with van der Waals surface area (Å²) >= 11 is 1.90. The molecule has 1 aromatic rings. The number of hydrogen-bond acceptors (Lipinski definition) is 4. The van der Waals surface area contributed by atoms with Gasteiger partial charge in [0.05, 0.1) is 14.2 Å². The molecule has 0 radical (unpaired) electrons. The molecule has 3 nitrogen and oxygen atoms in total. The normalized spacial score (nSPS) is 11.9. The van der Waals surface area contributed by atoms with E-state index >= 15 is 0 Å². The van der Waals surface area contributed by atoms with Gasteiger partial charge in [-0.25, -0.2) is 0 Å². The predicted molar refractivity (Wildman–Crippen MR) is 88.2 cm³/mol. The molecule has 0 fully saturated rings. The number of thioether (sulfide) groups is 1. The van der Waals surface area contributed by atoms with Gasteiger partial charge < -0.3 is 14.8 Å². The van der Waals surface area contributed by atoms with Gasteiger partial charge in [-0.3, -0.25) is 0 Å². The third kappa shape index (κ3) is 5.88. The first kappa shape index (κ1) is 16.9. The fourth-order valence-electron chi connectivity index (χ4n) is 1.98. The van der Waals surface area contributed by atoms with Crippen LogP contribution in [0.1, 0.15) is 12.5 Å². The minimum absolute atomic E-state index is 0.442. The molecule has 1 unspecified atom stereocenters. The molecule has 4 heteroatoms. The molecule has 0 aliphatic heterocycles.